The molecular formula is C79H153NO5. The number of rotatable bonds is 74. The second-order valence-electron chi connectivity index (χ2n) is 27.0. The van der Waals surface area contributed by atoms with Crippen LogP contribution in [0.25, 0.3) is 0 Å². The van der Waals surface area contributed by atoms with E-state index in [9.17, 15) is 19.8 Å². The summed E-state index contributed by atoms with van der Waals surface area (Å²) in [6.07, 6.45) is 95.5. The van der Waals surface area contributed by atoms with E-state index in [-0.39, 0.29) is 18.5 Å². The Morgan fingerprint density at radius 1 is 0.318 bits per heavy atom. The van der Waals surface area contributed by atoms with Gasteiger partial charge in [-0.3, -0.25) is 9.59 Å². The largest absolute Gasteiger partial charge is 0.466 e. The Morgan fingerprint density at radius 3 is 0.835 bits per heavy atom. The predicted octanol–water partition coefficient (Wildman–Crippen LogP) is 25.7. The fourth-order valence-corrected chi connectivity index (χ4v) is 12.5. The number of allylic oxidation sites excluding steroid dienone is 4. The van der Waals surface area contributed by atoms with E-state index in [4.69, 9.17) is 4.74 Å². The molecule has 85 heavy (non-hydrogen) atoms. The normalized spacial score (nSPS) is 12.6. The summed E-state index contributed by atoms with van der Waals surface area (Å²) in [6.45, 7) is 5.00. The van der Waals surface area contributed by atoms with Crippen LogP contribution in [0.15, 0.2) is 24.3 Å². The van der Waals surface area contributed by atoms with Crippen LogP contribution in [0.5, 0.6) is 0 Å². The highest BCUT2D eigenvalue weighted by atomic mass is 16.5. The molecule has 6 nitrogen and oxygen atoms in total. The Balaban J connectivity index is 3.34. The zero-order chi connectivity index (χ0) is 61.3. The maximum absolute atomic E-state index is 12.5. The molecule has 2 atom stereocenters. The van der Waals surface area contributed by atoms with E-state index in [1.807, 2.05) is 0 Å². The van der Waals surface area contributed by atoms with Crippen LogP contribution in [-0.2, 0) is 14.3 Å². The molecule has 6 heteroatoms. The molecule has 0 aromatic carbocycles. The fraction of sp³-hybridized carbons (Fsp3) is 0.924. The molecule has 0 aliphatic heterocycles. The molecule has 0 heterocycles. The average molecular weight is 1200 g/mol. The van der Waals surface area contributed by atoms with Gasteiger partial charge in [-0.05, 0) is 77.0 Å². The standard InChI is InChI=1S/C79H153NO5/c1-3-5-7-9-11-13-15-17-19-21-36-41-45-49-53-57-61-65-69-73-79(84)85-74-70-66-62-58-54-50-46-42-38-35-33-31-29-27-25-23-22-24-26-28-30-32-34-37-40-44-48-52-56-60-64-68-72-78(83)80-76(75-81)77(82)71-67-63-59-55-51-47-43-39-20-18-16-14-12-10-8-6-4-2/h17,19,25,27,76-77,81-82H,3-16,18,20-24,26,28-75H2,1-2H3,(H,80,83)/b19-17-,27-25-. The summed E-state index contributed by atoms with van der Waals surface area (Å²) in [4.78, 5) is 24.7. The van der Waals surface area contributed by atoms with E-state index < -0.39 is 12.1 Å². The van der Waals surface area contributed by atoms with E-state index in [0.29, 0.717) is 25.9 Å². The number of nitrogens with one attached hydrogen (secondary N) is 1. The second kappa shape index (κ2) is 74.8. The lowest BCUT2D eigenvalue weighted by molar-refractivity contribution is -0.143. The van der Waals surface area contributed by atoms with Crippen molar-refractivity contribution in [1.29, 1.82) is 0 Å². The Morgan fingerprint density at radius 2 is 0.553 bits per heavy atom. The van der Waals surface area contributed by atoms with Gasteiger partial charge in [0.05, 0.1) is 25.4 Å². The number of hydrogen-bond acceptors (Lipinski definition) is 5. The third kappa shape index (κ3) is 71.3. The van der Waals surface area contributed by atoms with Gasteiger partial charge in [0.25, 0.3) is 0 Å². The summed E-state index contributed by atoms with van der Waals surface area (Å²) in [5.74, 6) is -0.00939. The number of carbonyl (C=O) groups is 2. The van der Waals surface area contributed by atoms with Crippen molar-refractivity contribution in [3.8, 4) is 0 Å². The summed E-state index contributed by atoms with van der Waals surface area (Å²) in [5, 5.41) is 23.4. The molecule has 2 unspecified atom stereocenters. The topological polar surface area (TPSA) is 95.9 Å². The van der Waals surface area contributed by atoms with Crippen LogP contribution in [0.4, 0.5) is 0 Å². The lowest BCUT2D eigenvalue weighted by atomic mass is 10.0. The van der Waals surface area contributed by atoms with Crippen molar-refractivity contribution in [2.75, 3.05) is 13.2 Å². The van der Waals surface area contributed by atoms with Crippen LogP contribution in [0.3, 0.4) is 0 Å². The number of unbranched alkanes of at least 4 members (excludes halogenated alkanes) is 59. The second-order valence-corrected chi connectivity index (χ2v) is 27.0. The van der Waals surface area contributed by atoms with Crippen molar-refractivity contribution in [2.45, 2.75) is 456 Å². The third-order valence-corrected chi connectivity index (χ3v) is 18.5. The van der Waals surface area contributed by atoms with Gasteiger partial charge in [0.1, 0.15) is 0 Å². The lowest BCUT2D eigenvalue weighted by Crippen LogP contribution is -2.45. The zero-order valence-corrected chi connectivity index (χ0v) is 57.9. The van der Waals surface area contributed by atoms with E-state index in [1.54, 1.807) is 0 Å². The number of aliphatic hydroxyl groups is 2. The molecule has 3 N–H and O–H groups in total. The summed E-state index contributed by atoms with van der Waals surface area (Å²) >= 11 is 0. The molecule has 0 aromatic heterocycles. The number of hydrogen-bond donors (Lipinski definition) is 3. The Labute approximate surface area is 532 Å². The number of ether oxygens (including phenoxy) is 1. The van der Waals surface area contributed by atoms with Crippen molar-refractivity contribution >= 4 is 11.9 Å². The van der Waals surface area contributed by atoms with Gasteiger partial charge in [-0.25, -0.2) is 0 Å². The predicted molar refractivity (Wildman–Crippen MR) is 375 cm³/mol. The monoisotopic (exact) mass is 1200 g/mol. The summed E-state index contributed by atoms with van der Waals surface area (Å²) in [6, 6.07) is -0.540. The quantitative estimate of drug-likeness (QED) is 0.0320. The van der Waals surface area contributed by atoms with Crippen LogP contribution < -0.4 is 5.32 Å². The molecule has 0 fully saturated rings. The molecule has 504 valence electrons. The Kier molecular flexibility index (Phi) is 73.3. The fourth-order valence-electron chi connectivity index (χ4n) is 12.5. The average Bonchev–Trinajstić information content (AvgIpc) is 3.51. The Hall–Kier alpha value is -1.66. The first-order valence-electron chi connectivity index (χ1n) is 39.1. The highest BCUT2D eigenvalue weighted by Gasteiger charge is 2.20. The molecule has 0 bridgehead atoms. The minimum absolute atomic E-state index is 0.0188. The molecule has 1 amide bonds. The summed E-state index contributed by atoms with van der Waals surface area (Å²) < 4.78 is 5.52. The first kappa shape index (κ1) is 83.3. The molecule has 0 aromatic rings. The molecule has 0 radical (unpaired) electrons. The van der Waals surface area contributed by atoms with Crippen molar-refractivity contribution in [3.63, 3.8) is 0 Å². The van der Waals surface area contributed by atoms with Crippen molar-refractivity contribution in [3.05, 3.63) is 24.3 Å². The van der Waals surface area contributed by atoms with E-state index in [1.165, 1.54) is 372 Å². The van der Waals surface area contributed by atoms with Gasteiger partial charge in [-0.2, -0.15) is 0 Å². The van der Waals surface area contributed by atoms with Crippen LogP contribution in [-0.4, -0.2) is 47.4 Å². The van der Waals surface area contributed by atoms with Gasteiger partial charge in [-0.15, -0.1) is 0 Å². The maximum atomic E-state index is 12.5. The highest BCUT2D eigenvalue weighted by molar-refractivity contribution is 5.76. The van der Waals surface area contributed by atoms with Crippen molar-refractivity contribution in [1.82, 2.24) is 5.32 Å². The number of carbonyl (C=O) groups excluding carboxylic acids is 2. The number of amides is 1. The molecule has 0 saturated carbocycles. The van der Waals surface area contributed by atoms with Crippen molar-refractivity contribution in [2.24, 2.45) is 0 Å². The molecule has 0 aliphatic rings. The van der Waals surface area contributed by atoms with E-state index in [0.717, 1.165) is 38.5 Å². The minimum atomic E-state index is -0.663. The summed E-state index contributed by atoms with van der Waals surface area (Å²) in [5.41, 5.74) is 0. The lowest BCUT2D eigenvalue weighted by Gasteiger charge is -2.22. The minimum Gasteiger partial charge on any atom is -0.466 e. The highest BCUT2D eigenvalue weighted by Crippen LogP contribution is 2.20. The van der Waals surface area contributed by atoms with Gasteiger partial charge in [0.2, 0.25) is 5.91 Å². The SMILES string of the molecule is CCCCCCCC/C=C\CCCCCCCCCCCC(=O)OCCCCCCCCCCCCCC/C=C\CCCCCCCCCCCCCCCCCCC(=O)NC(CO)C(O)CCCCCCCCCCCCCCCCCCC. The molecule has 0 aliphatic carbocycles. The van der Waals surface area contributed by atoms with Gasteiger partial charge in [0, 0.05) is 12.8 Å². The molecule has 0 saturated heterocycles. The van der Waals surface area contributed by atoms with Crippen molar-refractivity contribution < 1.29 is 24.5 Å². The maximum Gasteiger partial charge on any atom is 0.305 e. The molecular weight excluding hydrogens is 1040 g/mol. The summed E-state index contributed by atoms with van der Waals surface area (Å²) in [7, 11) is 0. The van der Waals surface area contributed by atoms with Crippen LogP contribution in [0.1, 0.15) is 444 Å². The van der Waals surface area contributed by atoms with Crippen LogP contribution in [0.2, 0.25) is 0 Å². The van der Waals surface area contributed by atoms with E-state index >= 15 is 0 Å². The van der Waals surface area contributed by atoms with Crippen LogP contribution >= 0.6 is 0 Å². The van der Waals surface area contributed by atoms with Gasteiger partial charge in [0.15, 0.2) is 0 Å². The van der Waals surface area contributed by atoms with Gasteiger partial charge >= 0.3 is 5.97 Å². The molecule has 0 rings (SSSR count). The zero-order valence-electron chi connectivity index (χ0n) is 57.9. The third-order valence-electron chi connectivity index (χ3n) is 18.5. The smallest absolute Gasteiger partial charge is 0.305 e. The first-order chi connectivity index (χ1) is 42.0. The van der Waals surface area contributed by atoms with E-state index in [2.05, 4.69) is 43.5 Å². The number of esters is 1. The first-order valence-corrected chi connectivity index (χ1v) is 39.1. The number of aliphatic hydroxyl groups excluding tert-OH is 2. The van der Waals surface area contributed by atoms with Crippen LogP contribution in [0, 0.1) is 0 Å². The van der Waals surface area contributed by atoms with Gasteiger partial charge < -0.3 is 20.3 Å². The molecule has 0 spiro atoms. The van der Waals surface area contributed by atoms with Gasteiger partial charge in [-0.1, -0.05) is 378 Å². The Bertz CT molecular complexity index is 1330.